The van der Waals surface area contributed by atoms with E-state index in [0.717, 1.165) is 11.1 Å². The second-order valence-corrected chi connectivity index (χ2v) is 6.57. The Balaban J connectivity index is 2.20. The molecule has 0 saturated carbocycles. The van der Waals surface area contributed by atoms with Gasteiger partial charge in [0, 0.05) is 0 Å². The fourth-order valence-electron chi connectivity index (χ4n) is 2.44. The third-order valence-electron chi connectivity index (χ3n) is 3.83. The Bertz CT molecular complexity index is 722. The Morgan fingerprint density at radius 1 is 1.00 bits per heavy atom. The van der Waals surface area contributed by atoms with Crippen LogP contribution in [0.15, 0.2) is 48.5 Å². The predicted octanol–water partition coefficient (Wildman–Crippen LogP) is 4.71. The van der Waals surface area contributed by atoms with E-state index in [4.69, 9.17) is 5.26 Å². The van der Waals surface area contributed by atoms with Crippen LogP contribution in [0.1, 0.15) is 48.9 Å². The van der Waals surface area contributed by atoms with E-state index in [9.17, 15) is 5.26 Å². The van der Waals surface area contributed by atoms with Crippen molar-refractivity contribution in [2.45, 2.75) is 38.5 Å². The monoisotopic (exact) mass is 288 g/mol. The number of nitriles is 2. The molecule has 2 aromatic carbocycles. The fraction of sp³-hybridized carbons (Fsp3) is 0.300. The molecule has 1 atom stereocenters. The second-order valence-electron chi connectivity index (χ2n) is 6.57. The Morgan fingerprint density at radius 3 is 2.23 bits per heavy atom. The van der Waals surface area contributed by atoms with Gasteiger partial charge in [0.15, 0.2) is 0 Å². The lowest BCUT2D eigenvalue weighted by molar-refractivity contribution is 0.590. The molecule has 0 aliphatic carbocycles. The maximum atomic E-state index is 9.46. The summed E-state index contributed by atoms with van der Waals surface area (Å²) in [7, 11) is 0. The Labute approximate surface area is 132 Å². The molecular formula is C20H20N2. The van der Waals surface area contributed by atoms with Crippen molar-refractivity contribution < 1.29 is 0 Å². The van der Waals surface area contributed by atoms with Crippen LogP contribution in [0.25, 0.3) is 0 Å². The molecule has 22 heavy (non-hydrogen) atoms. The first-order valence-electron chi connectivity index (χ1n) is 7.43. The molecule has 1 unspecified atom stereocenters. The molecule has 2 heteroatoms. The van der Waals surface area contributed by atoms with E-state index >= 15 is 0 Å². The maximum absolute atomic E-state index is 9.46. The largest absolute Gasteiger partial charge is 0.198 e. The van der Waals surface area contributed by atoms with Gasteiger partial charge in [0.05, 0.1) is 23.6 Å². The van der Waals surface area contributed by atoms with Crippen molar-refractivity contribution in [3.8, 4) is 12.1 Å². The van der Waals surface area contributed by atoms with Crippen molar-refractivity contribution in [2.75, 3.05) is 0 Å². The molecule has 0 amide bonds. The van der Waals surface area contributed by atoms with E-state index in [-0.39, 0.29) is 11.3 Å². The van der Waals surface area contributed by atoms with Crippen molar-refractivity contribution in [3.05, 3.63) is 70.8 Å². The van der Waals surface area contributed by atoms with Crippen LogP contribution in [0.4, 0.5) is 0 Å². The highest BCUT2D eigenvalue weighted by molar-refractivity contribution is 5.38. The normalized spacial score (nSPS) is 12.2. The van der Waals surface area contributed by atoms with Gasteiger partial charge in [-0.25, -0.2) is 0 Å². The summed E-state index contributed by atoms with van der Waals surface area (Å²) in [5.74, 6) is -0.228. The molecular weight excluding hydrogens is 268 g/mol. The maximum Gasteiger partial charge on any atom is 0.0991 e. The van der Waals surface area contributed by atoms with Crippen molar-refractivity contribution in [1.82, 2.24) is 0 Å². The smallest absolute Gasteiger partial charge is 0.0991 e. The number of hydrogen-bond donors (Lipinski definition) is 0. The third-order valence-corrected chi connectivity index (χ3v) is 3.83. The molecule has 0 spiro atoms. The molecule has 0 N–H and O–H groups in total. The van der Waals surface area contributed by atoms with Gasteiger partial charge in [0.2, 0.25) is 0 Å². The molecule has 0 saturated heterocycles. The van der Waals surface area contributed by atoms with Gasteiger partial charge in [-0.1, -0.05) is 57.2 Å². The molecule has 110 valence electrons. The summed E-state index contributed by atoms with van der Waals surface area (Å²) in [6, 6.07) is 20.3. The van der Waals surface area contributed by atoms with E-state index in [2.05, 4.69) is 57.2 Å². The van der Waals surface area contributed by atoms with Gasteiger partial charge >= 0.3 is 0 Å². The topological polar surface area (TPSA) is 47.6 Å². The van der Waals surface area contributed by atoms with Gasteiger partial charge < -0.3 is 0 Å². The summed E-state index contributed by atoms with van der Waals surface area (Å²) < 4.78 is 0. The van der Waals surface area contributed by atoms with Crippen molar-refractivity contribution in [1.29, 1.82) is 10.5 Å². The van der Waals surface area contributed by atoms with Gasteiger partial charge in [-0.3, -0.25) is 0 Å². The van der Waals surface area contributed by atoms with Crippen LogP contribution in [-0.2, 0) is 11.8 Å². The van der Waals surface area contributed by atoms with E-state index in [0.29, 0.717) is 12.0 Å². The highest BCUT2D eigenvalue weighted by Gasteiger charge is 2.15. The standard InChI is InChI=1S/C20H20N2/c1-20(2,3)19-9-7-15(8-10-19)11-18(14-22)17-6-4-5-16(12-17)13-21/h4-10,12,18H,11H2,1-3H3. The summed E-state index contributed by atoms with van der Waals surface area (Å²) >= 11 is 0. The summed E-state index contributed by atoms with van der Waals surface area (Å²) in [5.41, 5.74) is 4.06. The lowest BCUT2D eigenvalue weighted by Gasteiger charge is -2.19. The lowest BCUT2D eigenvalue weighted by atomic mass is 9.85. The number of nitrogens with zero attached hydrogens (tertiary/aromatic N) is 2. The fourth-order valence-corrected chi connectivity index (χ4v) is 2.44. The zero-order valence-corrected chi connectivity index (χ0v) is 13.3. The van der Waals surface area contributed by atoms with E-state index in [1.54, 1.807) is 12.1 Å². The summed E-state index contributed by atoms with van der Waals surface area (Å²) in [6.07, 6.45) is 0.663. The SMILES string of the molecule is CC(C)(C)c1ccc(CC(C#N)c2cccc(C#N)c2)cc1. The first-order chi connectivity index (χ1) is 10.4. The van der Waals surface area contributed by atoms with Crippen LogP contribution >= 0.6 is 0 Å². The zero-order valence-electron chi connectivity index (χ0n) is 13.3. The predicted molar refractivity (Wildman–Crippen MR) is 88.4 cm³/mol. The highest BCUT2D eigenvalue weighted by atomic mass is 14.3. The molecule has 0 aliphatic rings. The van der Waals surface area contributed by atoms with Crippen LogP contribution < -0.4 is 0 Å². The van der Waals surface area contributed by atoms with Crippen LogP contribution in [0.2, 0.25) is 0 Å². The lowest BCUT2D eigenvalue weighted by Crippen LogP contribution is -2.11. The second kappa shape index (κ2) is 6.46. The molecule has 0 aromatic heterocycles. The van der Waals surface area contributed by atoms with E-state index in [1.165, 1.54) is 5.56 Å². The third kappa shape index (κ3) is 3.74. The highest BCUT2D eigenvalue weighted by Crippen LogP contribution is 2.25. The molecule has 0 bridgehead atoms. The summed E-state index contributed by atoms with van der Waals surface area (Å²) in [4.78, 5) is 0. The minimum atomic E-state index is -0.228. The zero-order chi connectivity index (χ0) is 16.2. The minimum Gasteiger partial charge on any atom is -0.198 e. The number of hydrogen-bond acceptors (Lipinski definition) is 2. The molecule has 2 rings (SSSR count). The quantitative estimate of drug-likeness (QED) is 0.821. The van der Waals surface area contributed by atoms with Gasteiger partial charge in [-0.05, 0) is 40.7 Å². The van der Waals surface area contributed by atoms with Gasteiger partial charge in [0.25, 0.3) is 0 Å². The van der Waals surface area contributed by atoms with Gasteiger partial charge in [-0.15, -0.1) is 0 Å². The van der Waals surface area contributed by atoms with Crippen molar-refractivity contribution >= 4 is 0 Å². The molecule has 0 heterocycles. The first-order valence-corrected chi connectivity index (χ1v) is 7.43. The van der Waals surface area contributed by atoms with Crippen molar-refractivity contribution in [3.63, 3.8) is 0 Å². The molecule has 0 fully saturated rings. The average Bonchev–Trinajstić information content (AvgIpc) is 2.52. The van der Waals surface area contributed by atoms with Gasteiger partial charge in [-0.2, -0.15) is 10.5 Å². The van der Waals surface area contributed by atoms with E-state index < -0.39 is 0 Å². The van der Waals surface area contributed by atoms with Crippen molar-refractivity contribution in [2.24, 2.45) is 0 Å². The van der Waals surface area contributed by atoms with Crippen LogP contribution in [0.3, 0.4) is 0 Å². The first kappa shape index (κ1) is 15.8. The van der Waals surface area contributed by atoms with Gasteiger partial charge in [0.1, 0.15) is 0 Å². The molecule has 0 aliphatic heterocycles. The summed E-state index contributed by atoms with van der Waals surface area (Å²) in [6.45, 7) is 6.56. The van der Waals surface area contributed by atoms with Crippen LogP contribution in [0, 0.1) is 22.7 Å². The molecule has 2 nitrogen and oxygen atoms in total. The molecule has 0 radical (unpaired) electrons. The van der Waals surface area contributed by atoms with Crippen LogP contribution in [0.5, 0.6) is 0 Å². The number of benzene rings is 2. The Hall–Kier alpha value is -2.58. The average molecular weight is 288 g/mol. The van der Waals surface area contributed by atoms with E-state index in [1.807, 2.05) is 12.1 Å². The van der Waals surface area contributed by atoms with Crippen LogP contribution in [-0.4, -0.2) is 0 Å². The molecule has 2 aromatic rings. The Kier molecular flexibility index (Phi) is 4.64. The summed E-state index contributed by atoms with van der Waals surface area (Å²) in [5, 5.41) is 18.4. The minimum absolute atomic E-state index is 0.133. The Morgan fingerprint density at radius 2 is 1.68 bits per heavy atom. The number of rotatable bonds is 3.